The zero-order valence-corrected chi connectivity index (χ0v) is 23.7. The Morgan fingerprint density at radius 3 is 2.13 bits per heavy atom. The standard InChI is InChI=1S/C27H46O10S/c1-13(2)16(28)7-6-14(3)15-12-18(30)23-25(15,4)11-9-19-26(5)10-8-17(29)21(31)20(26)22(37-38(34,35)36)24(32)27(19,23)33/h6-7,13-24,28-33H,8-12H2,1-5H3,(H,34,35,36)/b7-6+/t14-,15-,16+,17+,18-,19-,20?,21?,22-,23-,24-,25-,26-,27+/m1/s1. The first-order valence-corrected chi connectivity index (χ1v) is 15.2. The lowest BCUT2D eigenvalue weighted by Crippen LogP contribution is -2.77. The Bertz CT molecular complexity index is 1020. The molecule has 0 aliphatic heterocycles. The Balaban J connectivity index is 1.77. The summed E-state index contributed by atoms with van der Waals surface area (Å²) in [7, 11) is -5.10. The molecule has 4 fully saturated rings. The molecule has 220 valence electrons. The Morgan fingerprint density at radius 2 is 1.55 bits per heavy atom. The molecule has 4 aliphatic carbocycles. The maximum atomic E-state index is 12.5. The number of fused-ring (bicyclic) bond motifs is 5. The SMILES string of the molecule is CC(C)[C@@H](O)/C=C/[C@@H](C)[C@H]1C[C@@H](O)[C@@H]2[C@]1(C)CC[C@H]1[C@@]2(O)[C@H](O)[C@H](OS(=O)(=O)O)C2C(O)[C@@H](O)CC[C@@]21C. The van der Waals surface area contributed by atoms with Crippen LogP contribution < -0.4 is 0 Å². The molecule has 7 N–H and O–H groups in total. The van der Waals surface area contributed by atoms with Gasteiger partial charge in [-0.1, -0.05) is 46.8 Å². The van der Waals surface area contributed by atoms with E-state index >= 15 is 0 Å². The van der Waals surface area contributed by atoms with Gasteiger partial charge in [0.25, 0.3) is 0 Å². The summed E-state index contributed by atoms with van der Waals surface area (Å²) in [6, 6.07) is 0. The van der Waals surface area contributed by atoms with E-state index in [1.807, 2.05) is 33.8 Å². The van der Waals surface area contributed by atoms with Crippen molar-refractivity contribution >= 4 is 10.4 Å². The van der Waals surface area contributed by atoms with Crippen molar-refractivity contribution in [3.63, 3.8) is 0 Å². The minimum absolute atomic E-state index is 0.0438. The van der Waals surface area contributed by atoms with Crippen LogP contribution in [0.15, 0.2) is 12.2 Å². The van der Waals surface area contributed by atoms with E-state index in [0.717, 1.165) is 0 Å². The predicted octanol–water partition coefficient (Wildman–Crippen LogP) is 1.04. The monoisotopic (exact) mass is 562 g/mol. The average Bonchev–Trinajstić information content (AvgIpc) is 3.08. The second-order valence-electron chi connectivity index (χ2n) is 13.4. The van der Waals surface area contributed by atoms with Crippen molar-refractivity contribution in [1.29, 1.82) is 0 Å². The lowest BCUT2D eigenvalue weighted by Gasteiger charge is -2.68. The van der Waals surface area contributed by atoms with Crippen molar-refractivity contribution < 1.29 is 47.8 Å². The molecule has 2 unspecified atom stereocenters. The third-order valence-electron chi connectivity index (χ3n) is 11.1. The van der Waals surface area contributed by atoms with Crippen LogP contribution in [0.4, 0.5) is 0 Å². The number of aliphatic hydroxyl groups is 6. The van der Waals surface area contributed by atoms with Gasteiger partial charge in [-0.15, -0.1) is 0 Å². The van der Waals surface area contributed by atoms with E-state index in [1.165, 1.54) is 0 Å². The fraction of sp³-hybridized carbons (Fsp3) is 0.926. The van der Waals surface area contributed by atoms with Gasteiger partial charge in [0.2, 0.25) is 0 Å². The van der Waals surface area contributed by atoms with Crippen LogP contribution in [0, 0.1) is 46.3 Å². The molecule has 0 aromatic rings. The Labute approximate surface area is 225 Å². The fourth-order valence-electron chi connectivity index (χ4n) is 9.24. The van der Waals surface area contributed by atoms with Gasteiger partial charge in [0, 0.05) is 11.8 Å². The zero-order chi connectivity index (χ0) is 28.6. The van der Waals surface area contributed by atoms with Gasteiger partial charge in [-0.2, -0.15) is 8.42 Å². The van der Waals surface area contributed by atoms with E-state index < -0.39 is 81.2 Å². The normalized spacial score (nSPS) is 50.9. The van der Waals surface area contributed by atoms with E-state index in [2.05, 4.69) is 0 Å². The second kappa shape index (κ2) is 10.0. The second-order valence-corrected chi connectivity index (χ2v) is 14.5. The Hall–Kier alpha value is -0.630. The van der Waals surface area contributed by atoms with E-state index in [4.69, 9.17) is 4.18 Å². The van der Waals surface area contributed by atoms with Gasteiger partial charge in [-0.25, -0.2) is 4.18 Å². The van der Waals surface area contributed by atoms with Crippen LogP contribution in [0.2, 0.25) is 0 Å². The van der Waals surface area contributed by atoms with Crippen molar-refractivity contribution in [3.05, 3.63) is 12.2 Å². The van der Waals surface area contributed by atoms with Crippen LogP contribution in [0.3, 0.4) is 0 Å². The molecule has 10 nitrogen and oxygen atoms in total. The summed E-state index contributed by atoms with van der Waals surface area (Å²) in [5.41, 5.74) is -3.57. The maximum absolute atomic E-state index is 12.5. The minimum atomic E-state index is -5.10. The molecule has 0 spiro atoms. The van der Waals surface area contributed by atoms with Gasteiger partial charge in [0.15, 0.2) is 0 Å². The van der Waals surface area contributed by atoms with E-state index in [0.29, 0.717) is 25.7 Å². The van der Waals surface area contributed by atoms with Crippen LogP contribution in [0.25, 0.3) is 0 Å². The summed E-state index contributed by atoms with van der Waals surface area (Å²) in [6.45, 7) is 9.61. The van der Waals surface area contributed by atoms with Gasteiger partial charge in [-0.3, -0.25) is 4.55 Å². The number of hydrogen-bond acceptors (Lipinski definition) is 9. The molecule has 4 aliphatic rings. The summed E-state index contributed by atoms with van der Waals surface area (Å²) < 4.78 is 38.3. The molecule has 4 rings (SSSR count). The molecule has 0 aromatic carbocycles. The lowest BCUT2D eigenvalue weighted by atomic mass is 9.40. The van der Waals surface area contributed by atoms with Crippen LogP contribution >= 0.6 is 0 Å². The summed E-state index contributed by atoms with van der Waals surface area (Å²) in [4.78, 5) is 0. The van der Waals surface area contributed by atoms with Gasteiger partial charge in [0.1, 0.15) is 17.8 Å². The number of hydrogen-bond donors (Lipinski definition) is 7. The Morgan fingerprint density at radius 1 is 0.947 bits per heavy atom. The highest BCUT2D eigenvalue weighted by molar-refractivity contribution is 7.80. The highest BCUT2D eigenvalue weighted by Crippen LogP contribution is 2.70. The van der Waals surface area contributed by atoms with Gasteiger partial charge in [0.05, 0.1) is 24.4 Å². The van der Waals surface area contributed by atoms with Gasteiger partial charge >= 0.3 is 10.4 Å². The van der Waals surface area contributed by atoms with Gasteiger partial charge in [-0.05, 0) is 66.6 Å². The number of rotatable bonds is 6. The third kappa shape index (κ3) is 4.59. The molecular formula is C27H46O10S. The van der Waals surface area contributed by atoms with E-state index in [1.54, 1.807) is 13.0 Å². The molecule has 0 aromatic heterocycles. The van der Waals surface area contributed by atoms with Crippen LogP contribution in [0.1, 0.15) is 66.7 Å². The molecule has 0 bridgehead atoms. The Kier molecular flexibility index (Phi) is 8.00. The highest BCUT2D eigenvalue weighted by atomic mass is 32.3. The molecule has 14 atom stereocenters. The van der Waals surface area contributed by atoms with Gasteiger partial charge < -0.3 is 30.6 Å². The molecule has 4 saturated carbocycles. The molecule has 11 heteroatoms. The molecule has 0 amide bonds. The smallest absolute Gasteiger partial charge is 0.393 e. The van der Waals surface area contributed by atoms with Crippen LogP contribution in [-0.2, 0) is 14.6 Å². The maximum Gasteiger partial charge on any atom is 0.397 e. The highest BCUT2D eigenvalue weighted by Gasteiger charge is 2.75. The van der Waals surface area contributed by atoms with E-state index in [-0.39, 0.29) is 24.2 Å². The van der Waals surface area contributed by atoms with Crippen molar-refractivity contribution in [2.75, 3.05) is 0 Å². The van der Waals surface area contributed by atoms with Crippen molar-refractivity contribution in [1.82, 2.24) is 0 Å². The summed E-state index contributed by atoms with van der Waals surface area (Å²) >= 11 is 0. The van der Waals surface area contributed by atoms with Crippen molar-refractivity contribution in [2.45, 2.75) is 109 Å². The summed E-state index contributed by atoms with van der Waals surface area (Å²) in [6.07, 6.45) is -2.19. The average molecular weight is 563 g/mol. The van der Waals surface area contributed by atoms with Crippen molar-refractivity contribution in [3.8, 4) is 0 Å². The zero-order valence-electron chi connectivity index (χ0n) is 22.9. The summed E-state index contributed by atoms with van der Waals surface area (Å²) in [5, 5.41) is 67.3. The third-order valence-corrected chi connectivity index (χ3v) is 11.5. The fourth-order valence-corrected chi connectivity index (χ4v) is 9.74. The summed E-state index contributed by atoms with van der Waals surface area (Å²) in [5.74, 6) is -2.66. The van der Waals surface area contributed by atoms with Crippen LogP contribution in [-0.4, -0.2) is 85.8 Å². The first-order chi connectivity index (χ1) is 17.4. The minimum Gasteiger partial charge on any atom is -0.393 e. The quantitative estimate of drug-likeness (QED) is 0.182. The number of allylic oxidation sites excluding steroid dienone is 1. The van der Waals surface area contributed by atoms with Crippen molar-refractivity contribution in [2.24, 2.45) is 46.3 Å². The molecule has 0 heterocycles. The van der Waals surface area contributed by atoms with E-state index in [9.17, 15) is 43.6 Å². The predicted molar refractivity (Wildman–Crippen MR) is 138 cm³/mol. The number of aliphatic hydroxyl groups excluding tert-OH is 5. The largest absolute Gasteiger partial charge is 0.397 e. The molecule has 38 heavy (non-hydrogen) atoms. The van der Waals surface area contributed by atoms with Crippen LogP contribution in [0.5, 0.6) is 0 Å². The molecule has 0 saturated heterocycles. The topological polar surface area (TPSA) is 185 Å². The molecule has 0 radical (unpaired) electrons. The first-order valence-electron chi connectivity index (χ1n) is 13.9. The lowest BCUT2D eigenvalue weighted by molar-refractivity contribution is -0.317. The first kappa shape index (κ1) is 30.3. The molecular weight excluding hydrogens is 516 g/mol.